The van der Waals surface area contributed by atoms with Crippen LogP contribution in [0.15, 0.2) is 49.1 Å². The summed E-state index contributed by atoms with van der Waals surface area (Å²) < 4.78 is 2.09. The predicted octanol–water partition coefficient (Wildman–Crippen LogP) is 1.43. The average molecular weight is 187 g/mol. The van der Waals surface area contributed by atoms with Gasteiger partial charge in [-0.05, 0) is 23.8 Å². The molecule has 0 spiro atoms. The first-order valence-electron chi connectivity index (χ1n) is 4.64. The molecule has 2 aromatic heterocycles. The summed E-state index contributed by atoms with van der Waals surface area (Å²) >= 11 is 0. The molecule has 1 unspecified atom stereocenters. The van der Waals surface area contributed by atoms with E-state index < -0.39 is 0 Å². The van der Waals surface area contributed by atoms with Crippen molar-refractivity contribution in [1.82, 2.24) is 9.55 Å². The first-order chi connectivity index (χ1) is 6.92. The molecule has 14 heavy (non-hydrogen) atoms. The Kier molecular flexibility index (Phi) is 2.60. The van der Waals surface area contributed by atoms with Crippen molar-refractivity contribution in [3.8, 4) is 0 Å². The summed E-state index contributed by atoms with van der Waals surface area (Å²) in [5, 5.41) is 0. The second-order valence-corrected chi connectivity index (χ2v) is 3.17. The fourth-order valence-electron chi connectivity index (χ4n) is 1.56. The first kappa shape index (κ1) is 8.97. The third kappa shape index (κ3) is 1.67. The summed E-state index contributed by atoms with van der Waals surface area (Å²) in [4.78, 5) is 4.09. The smallest absolute Gasteiger partial charge is 0.0717 e. The Morgan fingerprint density at radius 1 is 1.29 bits per heavy atom. The fourth-order valence-corrected chi connectivity index (χ4v) is 1.56. The highest BCUT2D eigenvalue weighted by Crippen LogP contribution is 2.15. The highest BCUT2D eigenvalue weighted by atomic mass is 15.0. The van der Waals surface area contributed by atoms with Gasteiger partial charge in [0.05, 0.1) is 6.04 Å². The minimum Gasteiger partial charge on any atom is -0.346 e. The van der Waals surface area contributed by atoms with Gasteiger partial charge in [-0.25, -0.2) is 0 Å². The summed E-state index contributed by atoms with van der Waals surface area (Å²) in [5.74, 6) is 0. The van der Waals surface area contributed by atoms with E-state index in [4.69, 9.17) is 5.73 Å². The lowest BCUT2D eigenvalue weighted by atomic mass is 10.1. The van der Waals surface area contributed by atoms with E-state index in [1.165, 1.54) is 0 Å². The monoisotopic (exact) mass is 187 g/mol. The fraction of sp³-hybridized carbons (Fsp3) is 0.182. The van der Waals surface area contributed by atoms with Crippen LogP contribution in [0.1, 0.15) is 11.6 Å². The van der Waals surface area contributed by atoms with E-state index in [9.17, 15) is 0 Å². The van der Waals surface area contributed by atoms with E-state index in [2.05, 4.69) is 9.55 Å². The molecule has 2 aromatic rings. The normalized spacial score (nSPS) is 12.6. The maximum absolute atomic E-state index is 5.75. The van der Waals surface area contributed by atoms with E-state index in [0.29, 0.717) is 6.54 Å². The summed E-state index contributed by atoms with van der Waals surface area (Å²) in [6.07, 6.45) is 7.67. The van der Waals surface area contributed by atoms with Crippen molar-refractivity contribution in [2.24, 2.45) is 5.73 Å². The van der Waals surface area contributed by atoms with Crippen LogP contribution in [0.2, 0.25) is 0 Å². The van der Waals surface area contributed by atoms with Crippen LogP contribution >= 0.6 is 0 Å². The molecule has 0 saturated carbocycles. The van der Waals surface area contributed by atoms with Crippen LogP contribution in [-0.4, -0.2) is 16.1 Å². The number of hydrogen-bond donors (Lipinski definition) is 1. The van der Waals surface area contributed by atoms with Crippen molar-refractivity contribution in [2.45, 2.75) is 6.04 Å². The Labute approximate surface area is 83.2 Å². The summed E-state index contributed by atoms with van der Waals surface area (Å²) in [7, 11) is 0. The van der Waals surface area contributed by atoms with Gasteiger partial charge < -0.3 is 10.3 Å². The molecule has 3 nitrogen and oxygen atoms in total. The van der Waals surface area contributed by atoms with Crippen molar-refractivity contribution in [2.75, 3.05) is 6.54 Å². The van der Waals surface area contributed by atoms with Crippen molar-refractivity contribution < 1.29 is 0 Å². The molecule has 72 valence electrons. The summed E-state index contributed by atoms with van der Waals surface area (Å²) in [6, 6.07) is 8.17. The molecule has 3 heteroatoms. The second kappa shape index (κ2) is 4.07. The van der Waals surface area contributed by atoms with E-state index in [1.807, 2.05) is 42.9 Å². The van der Waals surface area contributed by atoms with Crippen LogP contribution in [0.3, 0.4) is 0 Å². The van der Waals surface area contributed by atoms with Crippen LogP contribution in [0, 0.1) is 0 Å². The number of nitrogens with two attached hydrogens (primary N) is 1. The average Bonchev–Trinajstić information content (AvgIpc) is 2.74. The van der Waals surface area contributed by atoms with Crippen LogP contribution in [0.4, 0.5) is 0 Å². The zero-order valence-electron chi connectivity index (χ0n) is 7.88. The SMILES string of the molecule is NCC(c1cccnc1)n1cccc1. The molecule has 1 atom stereocenters. The van der Waals surface area contributed by atoms with Gasteiger partial charge in [-0.15, -0.1) is 0 Å². The lowest BCUT2D eigenvalue weighted by Crippen LogP contribution is -2.19. The molecule has 0 saturated heterocycles. The molecule has 0 aliphatic heterocycles. The summed E-state index contributed by atoms with van der Waals surface area (Å²) in [5.41, 5.74) is 6.89. The number of pyridine rings is 1. The molecule has 0 bridgehead atoms. The quantitative estimate of drug-likeness (QED) is 0.790. The second-order valence-electron chi connectivity index (χ2n) is 3.17. The molecular weight excluding hydrogens is 174 g/mol. The molecule has 0 aromatic carbocycles. The molecule has 2 heterocycles. The van der Waals surface area contributed by atoms with Crippen LogP contribution in [-0.2, 0) is 0 Å². The third-order valence-corrected chi connectivity index (χ3v) is 2.28. The Balaban J connectivity index is 2.31. The highest BCUT2D eigenvalue weighted by molar-refractivity contribution is 5.16. The van der Waals surface area contributed by atoms with Gasteiger partial charge in [-0.3, -0.25) is 4.98 Å². The topological polar surface area (TPSA) is 43.8 Å². The van der Waals surface area contributed by atoms with Crippen LogP contribution in [0.5, 0.6) is 0 Å². The first-order valence-corrected chi connectivity index (χ1v) is 4.64. The zero-order chi connectivity index (χ0) is 9.80. The van der Waals surface area contributed by atoms with Crippen LogP contribution in [0.25, 0.3) is 0 Å². The van der Waals surface area contributed by atoms with Crippen molar-refractivity contribution in [3.63, 3.8) is 0 Å². The third-order valence-electron chi connectivity index (χ3n) is 2.28. The van der Waals surface area contributed by atoms with Gasteiger partial charge in [-0.1, -0.05) is 6.07 Å². The minimum absolute atomic E-state index is 0.193. The molecule has 0 radical (unpaired) electrons. The van der Waals surface area contributed by atoms with Crippen LogP contribution < -0.4 is 5.73 Å². The molecule has 0 aliphatic rings. The van der Waals surface area contributed by atoms with Gasteiger partial charge in [0, 0.05) is 31.3 Å². The highest BCUT2D eigenvalue weighted by Gasteiger charge is 2.09. The van der Waals surface area contributed by atoms with E-state index in [-0.39, 0.29) is 6.04 Å². The Bertz CT molecular complexity index is 367. The van der Waals surface area contributed by atoms with Crippen molar-refractivity contribution in [1.29, 1.82) is 0 Å². The Hall–Kier alpha value is -1.61. The van der Waals surface area contributed by atoms with Gasteiger partial charge in [0.15, 0.2) is 0 Å². The number of nitrogens with zero attached hydrogens (tertiary/aromatic N) is 2. The lowest BCUT2D eigenvalue weighted by Gasteiger charge is -2.16. The summed E-state index contributed by atoms with van der Waals surface area (Å²) in [6.45, 7) is 0.584. The standard InChI is InChI=1S/C11H13N3/c12-8-11(14-6-1-2-7-14)10-4-3-5-13-9-10/h1-7,9,11H,8,12H2. The number of aromatic nitrogens is 2. The predicted molar refractivity (Wildman–Crippen MR) is 55.9 cm³/mol. The van der Waals surface area contributed by atoms with Crippen molar-refractivity contribution in [3.05, 3.63) is 54.6 Å². The maximum Gasteiger partial charge on any atom is 0.0717 e. The Morgan fingerprint density at radius 2 is 2.07 bits per heavy atom. The van der Waals surface area contributed by atoms with Gasteiger partial charge in [0.2, 0.25) is 0 Å². The molecular formula is C11H13N3. The van der Waals surface area contributed by atoms with E-state index in [0.717, 1.165) is 5.56 Å². The zero-order valence-corrected chi connectivity index (χ0v) is 7.88. The minimum atomic E-state index is 0.193. The number of rotatable bonds is 3. The molecule has 2 rings (SSSR count). The Morgan fingerprint density at radius 3 is 2.64 bits per heavy atom. The lowest BCUT2D eigenvalue weighted by molar-refractivity contribution is 0.596. The molecule has 0 fully saturated rings. The molecule has 2 N–H and O–H groups in total. The van der Waals surface area contributed by atoms with Gasteiger partial charge in [-0.2, -0.15) is 0 Å². The van der Waals surface area contributed by atoms with Crippen molar-refractivity contribution >= 4 is 0 Å². The molecule has 0 amide bonds. The van der Waals surface area contributed by atoms with E-state index in [1.54, 1.807) is 6.20 Å². The number of hydrogen-bond acceptors (Lipinski definition) is 2. The maximum atomic E-state index is 5.75. The molecule has 0 aliphatic carbocycles. The largest absolute Gasteiger partial charge is 0.346 e. The van der Waals surface area contributed by atoms with Gasteiger partial charge in [0.1, 0.15) is 0 Å². The van der Waals surface area contributed by atoms with E-state index >= 15 is 0 Å². The van der Waals surface area contributed by atoms with Gasteiger partial charge in [0.25, 0.3) is 0 Å². The van der Waals surface area contributed by atoms with Gasteiger partial charge >= 0.3 is 0 Å².